The summed E-state index contributed by atoms with van der Waals surface area (Å²) in [6.45, 7) is 3.96. The van der Waals surface area contributed by atoms with Gasteiger partial charge < -0.3 is 4.74 Å². The normalized spacial score (nSPS) is 11.4. The van der Waals surface area contributed by atoms with Crippen molar-refractivity contribution in [2.24, 2.45) is 0 Å². The first-order chi connectivity index (χ1) is 8.72. The lowest BCUT2D eigenvalue weighted by molar-refractivity contribution is -0.138. The lowest BCUT2D eigenvalue weighted by Crippen LogP contribution is -2.10. The van der Waals surface area contributed by atoms with E-state index in [9.17, 15) is 4.79 Å². The molecule has 0 heterocycles. The maximum atomic E-state index is 11.7. The van der Waals surface area contributed by atoms with Crippen molar-refractivity contribution in [3.05, 3.63) is 47.0 Å². The second kappa shape index (κ2) is 7.29. The van der Waals surface area contributed by atoms with Crippen LogP contribution in [0.3, 0.4) is 0 Å². The van der Waals surface area contributed by atoms with Crippen molar-refractivity contribution in [2.45, 2.75) is 26.7 Å². The molecule has 0 N–H and O–H groups in total. The minimum atomic E-state index is -0.521. The summed E-state index contributed by atoms with van der Waals surface area (Å²) >= 11 is 0. The van der Waals surface area contributed by atoms with Gasteiger partial charge in [-0.15, -0.1) is 0 Å². The fourth-order valence-electron chi connectivity index (χ4n) is 1.70. The highest BCUT2D eigenvalue weighted by atomic mass is 16.5. The fourth-order valence-corrected chi connectivity index (χ4v) is 1.70. The molecule has 0 aliphatic carbocycles. The van der Waals surface area contributed by atoms with E-state index in [1.807, 2.05) is 43.3 Å². The highest BCUT2D eigenvalue weighted by molar-refractivity contribution is 5.93. The zero-order valence-electron chi connectivity index (χ0n) is 10.8. The first kappa shape index (κ1) is 14.0. The number of rotatable bonds is 5. The van der Waals surface area contributed by atoms with Crippen LogP contribution in [-0.2, 0) is 16.0 Å². The third kappa shape index (κ3) is 3.74. The Morgan fingerprint density at radius 1 is 1.28 bits per heavy atom. The molecule has 0 saturated carbocycles. The van der Waals surface area contributed by atoms with Crippen LogP contribution in [0.15, 0.2) is 41.5 Å². The van der Waals surface area contributed by atoms with Crippen molar-refractivity contribution in [3.8, 4) is 6.07 Å². The molecular formula is C15H17NO2. The molecular weight excluding hydrogens is 226 g/mol. The van der Waals surface area contributed by atoms with E-state index >= 15 is 0 Å². The highest BCUT2D eigenvalue weighted by Gasteiger charge is 2.15. The van der Waals surface area contributed by atoms with Gasteiger partial charge in [-0.05, 0) is 30.9 Å². The molecule has 18 heavy (non-hydrogen) atoms. The van der Waals surface area contributed by atoms with Gasteiger partial charge in [0, 0.05) is 0 Å². The summed E-state index contributed by atoms with van der Waals surface area (Å²) in [6.07, 6.45) is 1.27. The maximum absolute atomic E-state index is 11.7. The van der Waals surface area contributed by atoms with E-state index in [4.69, 9.17) is 10.00 Å². The Morgan fingerprint density at radius 3 is 2.44 bits per heavy atom. The van der Waals surface area contributed by atoms with Crippen LogP contribution in [0.1, 0.15) is 25.8 Å². The molecule has 0 fully saturated rings. The van der Waals surface area contributed by atoms with Gasteiger partial charge >= 0.3 is 5.97 Å². The van der Waals surface area contributed by atoms with Crippen LogP contribution in [0.4, 0.5) is 0 Å². The monoisotopic (exact) mass is 243 g/mol. The largest absolute Gasteiger partial charge is 0.462 e. The molecule has 1 rings (SSSR count). The lowest BCUT2D eigenvalue weighted by Gasteiger charge is -2.08. The molecule has 0 aromatic heterocycles. The van der Waals surface area contributed by atoms with E-state index in [1.54, 1.807) is 6.92 Å². The molecule has 0 unspecified atom stereocenters. The van der Waals surface area contributed by atoms with Gasteiger partial charge in [-0.25, -0.2) is 4.79 Å². The fraction of sp³-hybridized carbons (Fsp3) is 0.333. The Balaban J connectivity index is 2.98. The van der Waals surface area contributed by atoms with E-state index in [1.165, 1.54) is 0 Å². The summed E-state index contributed by atoms with van der Waals surface area (Å²) in [4.78, 5) is 11.7. The molecule has 0 amide bonds. The zero-order valence-corrected chi connectivity index (χ0v) is 10.8. The molecule has 0 atom stereocenters. The molecule has 0 aliphatic rings. The van der Waals surface area contributed by atoms with Crippen molar-refractivity contribution in [1.82, 2.24) is 0 Å². The first-order valence-corrected chi connectivity index (χ1v) is 6.06. The van der Waals surface area contributed by atoms with Gasteiger partial charge in [-0.2, -0.15) is 5.26 Å². The Kier molecular flexibility index (Phi) is 5.66. The van der Waals surface area contributed by atoms with Gasteiger partial charge in [-0.1, -0.05) is 37.3 Å². The number of esters is 1. The Morgan fingerprint density at radius 2 is 1.94 bits per heavy atom. The summed E-state index contributed by atoms with van der Waals surface area (Å²) in [5.41, 5.74) is 2.05. The molecule has 0 bridgehead atoms. The van der Waals surface area contributed by atoms with Gasteiger partial charge in [0.1, 0.15) is 11.6 Å². The molecule has 0 aliphatic heterocycles. The summed E-state index contributed by atoms with van der Waals surface area (Å²) in [7, 11) is 0. The average Bonchev–Trinajstić information content (AvgIpc) is 2.40. The second-order valence-electron chi connectivity index (χ2n) is 3.83. The van der Waals surface area contributed by atoms with E-state index in [0.29, 0.717) is 12.8 Å². The van der Waals surface area contributed by atoms with Crippen LogP contribution >= 0.6 is 0 Å². The van der Waals surface area contributed by atoms with Gasteiger partial charge in [-0.3, -0.25) is 0 Å². The van der Waals surface area contributed by atoms with E-state index < -0.39 is 5.97 Å². The number of hydrogen-bond donors (Lipinski definition) is 0. The lowest BCUT2D eigenvalue weighted by atomic mass is 9.98. The van der Waals surface area contributed by atoms with Crippen molar-refractivity contribution in [1.29, 1.82) is 5.26 Å². The van der Waals surface area contributed by atoms with Crippen molar-refractivity contribution in [2.75, 3.05) is 6.61 Å². The smallest absolute Gasteiger partial charge is 0.348 e. The van der Waals surface area contributed by atoms with Crippen LogP contribution < -0.4 is 0 Å². The molecule has 1 aromatic rings. The third-order valence-corrected chi connectivity index (χ3v) is 2.63. The van der Waals surface area contributed by atoms with Crippen LogP contribution in [0.25, 0.3) is 0 Å². The van der Waals surface area contributed by atoms with Crippen LogP contribution in [-0.4, -0.2) is 12.6 Å². The summed E-state index contributed by atoms with van der Waals surface area (Å²) < 4.78 is 4.90. The number of carbonyl (C=O) groups is 1. The molecule has 94 valence electrons. The molecule has 0 spiro atoms. The highest BCUT2D eigenvalue weighted by Crippen LogP contribution is 2.16. The number of benzene rings is 1. The molecule has 3 nitrogen and oxygen atoms in total. The SMILES string of the molecule is CCOC(=O)C(C#N)=C(CC)Cc1ccccc1. The average molecular weight is 243 g/mol. The van der Waals surface area contributed by atoms with Crippen LogP contribution in [0.2, 0.25) is 0 Å². The standard InChI is InChI=1S/C15H17NO2/c1-3-13(10-12-8-6-5-7-9-12)14(11-16)15(17)18-4-2/h5-9H,3-4,10H2,1-2H3. The minimum Gasteiger partial charge on any atom is -0.462 e. The van der Waals surface area contributed by atoms with Crippen LogP contribution in [0, 0.1) is 11.3 Å². The van der Waals surface area contributed by atoms with Crippen molar-refractivity contribution >= 4 is 5.97 Å². The van der Waals surface area contributed by atoms with E-state index in [2.05, 4.69) is 0 Å². The summed E-state index contributed by atoms with van der Waals surface area (Å²) in [5, 5.41) is 9.09. The first-order valence-electron chi connectivity index (χ1n) is 6.06. The molecule has 0 radical (unpaired) electrons. The summed E-state index contributed by atoms with van der Waals surface area (Å²) in [6, 6.07) is 11.8. The Hall–Kier alpha value is -2.08. The topological polar surface area (TPSA) is 50.1 Å². The van der Waals surface area contributed by atoms with E-state index in [0.717, 1.165) is 11.1 Å². The zero-order chi connectivity index (χ0) is 13.4. The minimum absolute atomic E-state index is 0.142. The predicted molar refractivity (Wildman–Crippen MR) is 69.7 cm³/mol. The molecule has 1 aromatic carbocycles. The third-order valence-electron chi connectivity index (χ3n) is 2.63. The van der Waals surface area contributed by atoms with Gasteiger partial charge in [0.15, 0.2) is 0 Å². The molecule has 0 saturated heterocycles. The molecule has 3 heteroatoms. The number of nitrogens with zero attached hydrogens (tertiary/aromatic N) is 1. The maximum Gasteiger partial charge on any atom is 0.348 e. The number of nitriles is 1. The van der Waals surface area contributed by atoms with Gasteiger partial charge in [0.2, 0.25) is 0 Å². The van der Waals surface area contributed by atoms with Crippen molar-refractivity contribution in [3.63, 3.8) is 0 Å². The van der Waals surface area contributed by atoms with Gasteiger partial charge in [0.05, 0.1) is 6.61 Å². The number of allylic oxidation sites excluding steroid dienone is 1. The predicted octanol–water partition coefficient (Wildman–Crippen LogP) is 3.02. The Labute approximate surface area is 108 Å². The van der Waals surface area contributed by atoms with Crippen molar-refractivity contribution < 1.29 is 9.53 Å². The number of carbonyl (C=O) groups excluding carboxylic acids is 1. The van der Waals surface area contributed by atoms with Crippen LogP contribution in [0.5, 0.6) is 0 Å². The number of hydrogen-bond acceptors (Lipinski definition) is 3. The van der Waals surface area contributed by atoms with Gasteiger partial charge in [0.25, 0.3) is 0 Å². The Bertz CT molecular complexity index is 469. The quantitative estimate of drug-likeness (QED) is 0.454. The van der Waals surface area contributed by atoms with E-state index in [-0.39, 0.29) is 12.2 Å². The summed E-state index contributed by atoms with van der Waals surface area (Å²) in [5.74, 6) is -0.521. The number of ether oxygens (including phenoxy) is 1. The second-order valence-corrected chi connectivity index (χ2v) is 3.83.